The van der Waals surface area contributed by atoms with Gasteiger partial charge in [-0.05, 0) is 36.8 Å². The van der Waals surface area contributed by atoms with E-state index in [0.717, 1.165) is 28.8 Å². The number of benzene rings is 2. The maximum Gasteiger partial charge on any atom is 0.277 e. The Morgan fingerprint density at radius 1 is 0.966 bits per heavy atom. The molecule has 0 aliphatic rings. The van der Waals surface area contributed by atoms with Gasteiger partial charge in [-0.2, -0.15) is 5.10 Å². The molecule has 0 aliphatic carbocycles. The van der Waals surface area contributed by atoms with E-state index in [1.54, 1.807) is 18.3 Å². The maximum atomic E-state index is 11.8. The number of hydrogen-bond acceptors (Lipinski definition) is 4. The van der Waals surface area contributed by atoms with Gasteiger partial charge < -0.3 is 9.47 Å². The molecule has 0 fully saturated rings. The molecule has 2 aromatic rings. The lowest BCUT2D eigenvalue weighted by atomic mass is 10.1. The molecule has 0 bridgehead atoms. The smallest absolute Gasteiger partial charge is 0.277 e. The standard InChI is InChI=1S/C23H29BrN2O3/c1-2-3-4-5-6-9-16-28-20-12-14-21(15-13-20)29-18-23(27)26-25-17-19-10-7-8-11-22(19)24/h7-8,10-15,17H,2-6,9,16,18H2,1H3,(H,26,27)/b25-17+. The summed E-state index contributed by atoms with van der Waals surface area (Å²) in [6, 6.07) is 14.9. The fourth-order valence-corrected chi connectivity index (χ4v) is 3.03. The van der Waals surface area contributed by atoms with Crippen molar-refractivity contribution in [3.63, 3.8) is 0 Å². The van der Waals surface area contributed by atoms with Gasteiger partial charge in [-0.15, -0.1) is 0 Å². The number of hydrogen-bond donors (Lipinski definition) is 1. The van der Waals surface area contributed by atoms with Crippen LogP contribution in [-0.4, -0.2) is 25.3 Å². The van der Waals surface area contributed by atoms with Crippen LogP contribution in [0.1, 0.15) is 51.0 Å². The van der Waals surface area contributed by atoms with Crippen molar-refractivity contribution < 1.29 is 14.3 Å². The number of halogens is 1. The lowest BCUT2D eigenvalue weighted by Crippen LogP contribution is -2.24. The first-order chi connectivity index (χ1) is 14.2. The van der Waals surface area contributed by atoms with Crippen molar-refractivity contribution in [3.8, 4) is 11.5 Å². The van der Waals surface area contributed by atoms with E-state index in [1.165, 1.54) is 32.1 Å². The lowest BCUT2D eigenvalue weighted by Gasteiger charge is -2.08. The Bertz CT molecular complexity index is 763. The fourth-order valence-electron chi connectivity index (χ4n) is 2.64. The normalized spacial score (nSPS) is 10.8. The molecule has 0 unspecified atom stereocenters. The van der Waals surface area contributed by atoms with Crippen molar-refractivity contribution >= 4 is 28.1 Å². The third-order valence-electron chi connectivity index (χ3n) is 4.26. The predicted molar refractivity (Wildman–Crippen MR) is 121 cm³/mol. The van der Waals surface area contributed by atoms with Gasteiger partial charge in [0.15, 0.2) is 6.61 Å². The molecule has 0 aromatic heterocycles. The lowest BCUT2D eigenvalue weighted by molar-refractivity contribution is -0.123. The first-order valence-corrected chi connectivity index (χ1v) is 10.9. The topological polar surface area (TPSA) is 59.9 Å². The number of carbonyl (C=O) groups is 1. The van der Waals surface area contributed by atoms with E-state index in [9.17, 15) is 4.79 Å². The molecule has 1 amide bonds. The molecule has 6 heteroatoms. The molecule has 0 heterocycles. The van der Waals surface area contributed by atoms with Crippen molar-refractivity contribution in [2.45, 2.75) is 45.4 Å². The van der Waals surface area contributed by atoms with E-state index in [1.807, 2.05) is 36.4 Å². The van der Waals surface area contributed by atoms with E-state index in [-0.39, 0.29) is 12.5 Å². The summed E-state index contributed by atoms with van der Waals surface area (Å²) in [6.45, 7) is 2.84. The third kappa shape index (κ3) is 9.61. The van der Waals surface area contributed by atoms with Crippen LogP contribution in [0.2, 0.25) is 0 Å². The summed E-state index contributed by atoms with van der Waals surface area (Å²) in [5, 5.41) is 3.94. The third-order valence-corrected chi connectivity index (χ3v) is 4.98. The summed E-state index contributed by atoms with van der Waals surface area (Å²) >= 11 is 3.42. The second-order valence-electron chi connectivity index (χ2n) is 6.69. The van der Waals surface area contributed by atoms with Crippen LogP contribution in [0.4, 0.5) is 0 Å². The second-order valence-corrected chi connectivity index (χ2v) is 7.55. The van der Waals surface area contributed by atoms with E-state index >= 15 is 0 Å². The zero-order valence-electron chi connectivity index (χ0n) is 16.9. The van der Waals surface area contributed by atoms with E-state index < -0.39 is 0 Å². The molecule has 1 N–H and O–H groups in total. The molecule has 2 rings (SSSR count). The van der Waals surface area contributed by atoms with Gasteiger partial charge in [-0.3, -0.25) is 4.79 Å². The van der Waals surface area contributed by atoms with Gasteiger partial charge >= 0.3 is 0 Å². The molecule has 0 aliphatic heterocycles. The van der Waals surface area contributed by atoms with Crippen LogP contribution in [0.15, 0.2) is 58.1 Å². The summed E-state index contributed by atoms with van der Waals surface area (Å²) in [6.07, 6.45) is 9.03. The minimum absolute atomic E-state index is 0.106. The Kier molecular flexibility index (Phi) is 10.9. The minimum Gasteiger partial charge on any atom is -0.494 e. The SMILES string of the molecule is CCCCCCCCOc1ccc(OCC(=O)N/N=C/c2ccccc2Br)cc1. The van der Waals surface area contributed by atoms with E-state index in [2.05, 4.69) is 33.4 Å². The number of nitrogens with zero attached hydrogens (tertiary/aromatic N) is 1. The molecule has 5 nitrogen and oxygen atoms in total. The Hall–Kier alpha value is -2.34. The Morgan fingerprint density at radius 3 is 2.34 bits per heavy atom. The molecular formula is C23H29BrN2O3. The largest absolute Gasteiger partial charge is 0.494 e. The van der Waals surface area contributed by atoms with Gasteiger partial charge in [0.2, 0.25) is 0 Å². The minimum atomic E-state index is -0.322. The molecule has 29 heavy (non-hydrogen) atoms. The van der Waals surface area contributed by atoms with Gasteiger partial charge in [-0.25, -0.2) is 5.43 Å². The van der Waals surface area contributed by atoms with Gasteiger partial charge in [0.25, 0.3) is 5.91 Å². The van der Waals surface area contributed by atoms with Crippen molar-refractivity contribution in [1.29, 1.82) is 0 Å². The van der Waals surface area contributed by atoms with Crippen LogP contribution in [0, 0.1) is 0 Å². The van der Waals surface area contributed by atoms with Crippen LogP contribution < -0.4 is 14.9 Å². The number of nitrogens with one attached hydrogen (secondary N) is 1. The van der Waals surface area contributed by atoms with Crippen LogP contribution >= 0.6 is 15.9 Å². The molecule has 0 saturated heterocycles. The monoisotopic (exact) mass is 460 g/mol. The van der Waals surface area contributed by atoms with E-state index in [4.69, 9.17) is 9.47 Å². The van der Waals surface area contributed by atoms with Crippen LogP contribution in [0.3, 0.4) is 0 Å². The van der Waals surface area contributed by atoms with Gasteiger partial charge in [0, 0.05) is 10.0 Å². The molecule has 0 saturated carbocycles. The highest BCUT2D eigenvalue weighted by molar-refractivity contribution is 9.10. The molecular weight excluding hydrogens is 432 g/mol. The summed E-state index contributed by atoms with van der Waals surface area (Å²) < 4.78 is 12.1. The summed E-state index contributed by atoms with van der Waals surface area (Å²) in [7, 11) is 0. The van der Waals surface area contributed by atoms with E-state index in [0.29, 0.717) is 5.75 Å². The van der Waals surface area contributed by atoms with Crippen molar-refractivity contribution in [2.24, 2.45) is 5.10 Å². The molecule has 0 spiro atoms. The second kappa shape index (κ2) is 13.8. The summed E-state index contributed by atoms with van der Waals surface area (Å²) in [4.78, 5) is 11.8. The Morgan fingerprint density at radius 2 is 1.62 bits per heavy atom. The summed E-state index contributed by atoms with van der Waals surface area (Å²) in [5.41, 5.74) is 3.33. The Labute approximate surface area is 181 Å². The number of ether oxygens (including phenoxy) is 2. The number of unbranched alkanes of at least 4 members (excludes halogenated alkanes) is 5. The maximum absolute atomic E-state index is 11.8. The predicted octanol–water partition coefficient (Wildman–Crippen LogP) is 5.72. The zero-order valence-corrected chi connectivity index (χ0v) is 18.5. The summed E-state index contributed by atoms with van der Waals surface area (Å²) in [5.74, 6) is 1.10. The van der Waals surface area contributed by atoms with Gasteiger partial charge in [0.05, 0.1) is 12.8 Å². The molecule has 0 atom stereocenters. The number of rotatable bonds is 13. The quantitative estimate of drug-likeness (QED) is 0.236. The number of hydrazone groups is 1. The first kappa shape index (κ1) is 22.9. The number of carbonyl (C=O) groups excluding carboxylic acids is 1. The van der Waals surface area contributed by atoms with Crippen LogP contribution in [0.25, 0.3) is 0 Å². The fraction of sp³-hybridized carbons (Fsp3) is 0.391. The van der Waals surface area contributed by atoms with Crippen molar-refractivity contribution in [3.05, 3.63) is 58.6 Å². The highest BCUT2D eigenvalue weighted by Crippen LogP contribution is 2.18. The molecule has 0 radical (unpaired) electrons. The molecule has 2 aromatic carbocycles. The van der Waals surface area contributed by atoms with Gasteiger partial charge in [-0.1, -0.05) is 73.2 Å². The van der Waals surface area contributed by atoms with Crippen molar-refractivity contribution in [2.75, 3.05) is 13.2 Å². The zero-order chi connectivity index (χ0) is 20.7. The van der Waals surface area contributed by atoms with Crippen molar-refractivity contribution in [1.82, 2.24) is 5.43 Å². The average molecular weight is 461 g/mol. The highest BCUT2D eigenvalue weighted by atomic mass is 79.9. The first-order valence-electron chi connectivity index (χ1n) is 10.1. The molecule has 156 valence electrons. The van der Waals surface area contributed by atoms with Gasteiger partial charge in [0.1, 0.15) is 11.5 Å². The highest BCUT2D eigenvalue weighted by Gasteiger charge is 2.02. The Balaban J connectivity index is 1.62. The number of amides is 1. The van der Waals surface area contributed by atoms with Crippen LogP contribution in [-0.2, 0) is 4.79 Å². The average Bonchev–Trinajstić information content (AvgIpc) is 2.74. The van der Waals surface area contributed by atoms with Crippen LogP contribution in [0.5, 0.6) is 11.5 Å².